The van der Waals surface area contributed by atoms with Gasteiger partial charge in [0.05, 0.1) is 16.6 Å². The Balaban J connectivity index is 1.78. The number of rotatable bonds is 9. The molecule has 0 saturated heterocycles. The van der Waals surface area contributed by atoms with Crippen LogP contribution in [0.3, 0.4) is 0 Å². The van der Waals surface area contributed by atoms with Gasteiger partial charge in [-0.1, -0.05) is 46.4 Å². The molecular formula is C19H15Cl4F3N2O4. The first-order valence-electron chi connectivity index (χ1n) is 8.70. The number of nitrogens with one attached hydrogen (secondary N) is 2. The maximum absolute atomic E-state index is 12.1. The Morgan fingerprint density at radius 3 is 2.19 bits per heavy atom. The van der Waals surface area contributed by atoms with Crippen LogP contribution in [0, 0.1) is 0 Å². The SMILES string of the molecule is O=C(NCCOc1c(Cl)cc(OCC=C(Cl)Cl)cc1Cl)Nc1ccc(OC(F)(F)F)cc1. The average molecular weight is 534 g/mol. The zero-order chi connectivity index (χ0) is 23.7. The summed E-state index contributed by atoms with van der Waals surface area (Å²) in [7, 11) is 0. The van der Waals surface area contributed by atoms with Crippen molar-refractivity contribution in [1.82, 2.24) is 5.32 Å². The maximum Gasteiger partial charge on any atom is 0.573 e. The van der Waals surface area contributed by atoms with Crippen molar-refractivity contribution in [3.63, 3.8) is 0 Å². The summed E-state index contributed by atoms with van der Waals surface area (Å²) in [6, 6.07) is 7.06. The van der Waals surface area contributed by atoms with Gasteiger partial charge in [-0.3, -0.25) is 0 Å². The van der Waals surface area contributed by atoms with Crippen LogP contribution in [-0.2, 0) is 0 Å². The Morgan fingerprint density at radius 1 is 1.00 bits per heavy atom. The van der Waals surface area contributed by atoms with Crippen molar-refractivity contribution in [2.24, 2.45) is 0 Å². The number of carbonyl (C=O) groups is 1. The number of benzene rings is 2. The minimum Gasteiger partial charge on any atom is -0.489 e. The molecule has 2 amide bonds. The fourth-order valence-electron chi connectivity index (χ4n) is 2.19. The smallest absolute Gasteiger partial charge is 0.489 e. The van der Waals surface area contributed by atoms with Crippen LogP contribution < -0.4 is 24.8 Å². The van der Waals surface area contributed by atoms with Gasteiger partial charge >= 0.3 is 12.4 Å². The van der Waals surface area contributed by atoms with Crippen molar-refractivity contribution < 1.29 is 32.2 Å². The first kappa shape index (κ1) is 26.1. The highest BCUT2D eigenvalue weighted by Gasteiger charge is 2.30. The molecule has 0 saturated carbocycles. The van der Waals surface area contributed by atoms with Gasteiger partial charge in [0.25, 0.3) is 0 Å². The van der Waals surface area contributed by atoms with E-state index < -0.39 is 18.1 Å². The van der Waals surface area contributed by atoms with Gasteiger partial charge < -0.3 is 24.8 Å². The van der Waals surface area contributed by atoms with Gasteiger partial charge in [-0.15, -0.1) is 13.2 Å². The summed E-state index contributed by atoms with van der Waals surface area (Å²) in [5.74, 6) is 0.178. The van der Waals surface area contributed by atoms with E-state index in [4.69, 9.17) is 55.9 Å². The number of hydrogen-bond donors (Lipinski definition) is 2. The normalized spacial score (nSPS) is 10.8. The van der Waals surface area contributed by atoms with Crippen LogP contribution in [0.2, 0.25) is 10.0 Å². The van der Waals surface area contributed by atoms with Crippen LogP contribution >= 0.6 is 46.4 Å². The van der Waals surface area contributed by atoms with Gasteiger partial charge in [-0.05, 0) is 30.3 Å². The van der Waals surface area contributed by atoms with Crippen LogP contribution in [0.4, 0.5) is 23.7 Å². The molecule has 32 heavy (non-hydrogen) atoms. The third-order valence-corrected chi connectivity index (χ3v) is 4.31. The Morgan fingerprint density at radius 2 is 1.62 bits per heavy atom. The largest absolute Gasteiger partial charge is 0.573 e. The molecule has 13 heteroatoms. The van der Waals surface area contributed by atoms with E-state index in [9.17, 15) is 18.0 Å². The second-order valence-corrected chi connectivity index (χ2v) is 7.64. The summed E-state index contributed by atoms with van der Waals surface area (Å²) in [5.41, 5.74) is 0.268. The number of alkyl halides is 3. The van der Waals surface area contributed by atoms with Gasteiger partial charge in [-0.25, -0.2) is 4.79 Å². The third-order valence-electron chi connectivity index (χ3n) is 3.44. The second kappa shape index (κ2) is 12.2. The fourth-order valence-corrected chi connectivity index (χ4v) is 2.89. The van der Waals surface area contributed by atoms with Crippen molar-refractivity contribution >= 4 is 58.1 Å². The molecule has 0 aliphatic rings. The molecule has 0 heterocycles. The first-order chi connectivity index (χ1) is 15.0. The summed E-state index contributed by atoms with van der Waals surface area (Å²) in [4.78, 5) is 11.9. The van der Waals surface area contributed by atoms with Gasteiger partial charge in [-0.2, -0.15) is 0 Å². The average Bonchev–Trinajstić information content (AvgIpc) is 2.67. The summed E-state index contributed by atoms with van der Waals surface area (Å²) < 4.78 is 51.1. The van der Waals surface area contributed by atoms with Gasteiger partial charge in [0.2, 0.25) is 0 Å². The highest BCUT2D eigenvalue weighted by atomic mass is 35.5. The molecule has 0 spiro atoms. The molecule has 0 atom stereocenters. The Labute approximate surface area is 201 Å². The van der Waals surface area contributed by atoms with Crippen molar-refractivity contribution in [1.29, 1.82) is 0 Å². The molecule has 0 radical (unpaired) electrons. The standard InChI is InChI=1S/C19H15Cl4F3N2O4/c20-14-9-13(30-7-5-16(22)23)10-15(21)17(14)31-8-6-27-18(29)28-11-1-3-12(4-2-11)32-19(24,25)26/h1-5,9-10H,6-8H2,(H2,27,28,29). The van der Waals surface area contributed by atoms with E-state index in [1.807, 2.05) is 0 Å². The molecule has 6 nitrogen and oxygen atoms in total. The monoisotopic (exact) mass is 532 g/mol. The van der Waals surface area contributed by atoms with E-state index in [1.54, 1.807) is 0 Å². The minimum absolute atomic E-state index is 0.0377. The molecule has 2 rings (SSSR count). The van der Waals surface area contributed by atoms with Crippen molar-refractivity contribution in [3.8, 4) is 17.2 Å². The van der Waals surface area contributed by atoms with E-state index in [-0.39, 0.29) is 45.7 Å². The summed E-state index contributed by atoms with van der Waals surface area (Å²) >= 11 is 23.3. The predicted molar refractivity (Wildman–Crippen MR) is 117 cm³/mol. The molecular weight excluding hydrogens is 519 g/mol. The molecule has 2 aromatic rings. The number of carbonyl (C=O) groups excluding carboxylic acids is 1. The molecule has 2 N–H and O–H groups in total. The zero-order valence-electron chi connectivity index (χ0n) is 15.9. The minimum atomic E-state index is -4.79. The molecule has 0 aliphatic heterocycles. The lowest BCUT2D eigenvalue weighted by Crippen LogP contribution is -2.32. The van der Waals surface area contributed by atoms with Crippen LogP contribution in [0.1, 0.15) is 0 Å². The van der Waals surface area contributed by atoms with E-state index in [0.717, 1.165) is 12.1 Å². The van der Waals surface area contributed by atoms with E-state index >= 15 is 0 Å². The first-order valence-corrected chi connectivity index (χ1v) is 10.2. The quantitative estimate of drug-likeness (QED) is 0.348. The highest BCUT2D eigenvalue weighted by molar-refractivity contribution is 6.55. The van der Waals surface area contributed by atoms with E-state index in [1.165, 1.54) is 30.3 Å². The lowest BCUT2D eigenvalue weighted by molar-refractivity contribution is -0.274. The fraction of sp³-hybridized carbons (Fsp3) is 0.211. The number of hydrogen-bond acceptors (Lipinski definition) is 4. The number of ether oxygens (including phenoxy) is 3. The topological polar surface area (TPSA) is 68.8 Å². The number of urea groups is 1. The Kier molecular flexibility index (Phi) is 9.89. The van der Waals surface area contributed by atoms with Gasteiger partial charge in [0.1, 0.15) is 29.2 Å². The molecule has 2 aromatic carbocycles. The number of halogens is 7. The maximum atomic E-state index is 12.1. The highest BCUT2D eigenvalue weighted by Crippen LogP contribution is 2.37. The molecule has 0 bridgehead atoms. The second-order valence-electron chi connectivity index (χ2n) is 5.82. The molecule has 0 aliphatic carbocycles. The number of anilines is 1. The molecule has 0 aromatic heterocycles. The van der Waals surface area contributed by atoms with E-state index in [2.05, 4.69) is 15.4 Å². The zero-order valence-corrected chi connectivity index (χ0v) is 19.0. The third kappa shape index (κ3) is 9.52. The molecule has 0 fully saturated rings. The Bertz CT molecular complexity index is 930. The molecule has 0 unspecified atom stereocenters. The predicted octanol–water partition coefficient (Wildman–Crippen LogP) is 6.79. The molecule has 174 valence electrons. The van der Waals surface area contributed by atoms with Crippen LogP contribution in [0.5, 0.6) is 17.2 Å². The van der Waals surface area contributed by atoms with Crippen LogP contribution in [0.25, 0.3) is 0 Å². The number of amides is 2. The summed E-state index contributed by atoms with van der Waals surface area (Å²) in [5, 5.41) is 5.36. The summed E-state index contributed by atoms with van der Waals surface area (Å²) in [6.07, 6.45) is -3.35. The van der Waals surface area contributed by atoms with Crippen LogP contribution in [0.15, 0.2) is 47.0 Å². The van der Waals surface area contributed by atoms with E-state index in [0.29, 0.717) is 5.75 Å². The lowest BCUT2D eigenvalue weighted by atomic mass is 10.3. The van der Waals surface area contributed by atoms with Crippen molar-refractivity contribution in [3.05, 3.63) is 57.0 Å². The lowest BCUT2D eigenvalue weighted by Gasteiger charge is -2.13. The van der Waals surface area contributed by atoms with Crippen LogP contribution in [-0.4, -0.2) is 32.2 Å². The van der Waals surface area contributed by atoms with Gasteiger partial charge in [0, 0.05) is 17.8 Å². The van der Waals surface area contributed by atoms with Crippen molar-refractivity contribution in [2.45, 2.75) is 6.36 Å². The Hall–Kier alpha value is -2.20. The van der Waals surface area contributed by atoms with Crippen molar-refractivity contribution in [2.75, 3.05) is 25.1 Å². The summed E-state index contributed by atoms with van der Waals surface area (Å²) in [6.45, 7) is 0.243. The van der Waals surface area contributed by atoms with Gasteiger partial charge in [0.15, 0.2) is 5.75 Å².